The van der Waals surface area contributed by atoms with Crippen molar-refractivity contribution in [3.8, 4) is 0 Å². The van der Waals surface area contributed by atoms with E-state index in [1.165, 1.54) is 0 Å². The van der Waals surface area contributed by atoms with Crippen LogP contribution in [0, 0.1) is 5.92 Å². The monoisotopic (exact) mass is 129 g/mol. The average Bonchev–Trinajstić information content (AvgIpc) is 1.87. The van der Waals surface area contributed by atoms with Crippen LogP contribution in [0.4, 0.5) is 0 Å². The zero-order chi connectivity index (χ0) is 7.28. The summed E-state index contributed by atoms with van der Waals surface area (Å²) < 4.78 is 0. The van der Waals surface area contributed by atoms with Gasteiger partial charge < -0.3 is 5.73 Å². The molecule has 0 saturated heterocycles. The predicted molar refractivity (Wildman–Crippen MR) is 38.1 cm³/mol. The van der Waals surface area contributed by atoms with Crippen molar-refractivity contribution < 1.29 is 4.79 Å². The van der Waals surface area contributed by atoms with Crippen molar-refractivity contribution in [1.29, 1.82) is 0 Å². The van der Waals surface area contributed by atoms with Gasteiger partial charge in [0, 0.05) is 12.3 Å². The molecule has 0 aromatic carbocycles. The van der Waals surface area contributed by atoms with Crippen LogP contribution in [0.1, 0.15) is 26.7 Å². The highest BCUT2D eigenvalue weighted by molar-refractivity contribution is 5.80. The van der Waals surface area contributed by atoms with Crippen LogP contribution in [0.2, 0.25) is 0 Å². The van der Waals surface area contributed by atoms with Crippen molar-refractivity contribution in [3.63, 3.8) is 0 Å². The molecule has 0 rings (SSSR count). The van der Waals surface area contributed by atoms with E-state index in [4.69, 9.17) is 5.73 Å². The third-order valence-electron chi connectivity index (χ3n) is 1.55. The van der Waals surface area contributed by atoms with Crippen LogP contribution in [-0.2, 0) is 4.79 Å². The summed E-state index contributed by atoms with van der Waals surface area (Å²) in [5.74, 6) is 0.494. The predicted octanol–water partition coefficient (Wildman–Crippen LogP) is 0.950. The molecule has 0 heterocycles. The molecule has 2 N–H and O–H groups in total. The van der Waals surface area contributed by atoms with E-state index in [0.29, 0.717) is 18.7 Å². The second-order valence-electron chi connectivity index (χ2n) is 2.31. The second-order valence-corrected chi connectivity index (χ2v) is 2.31. The van der Waals surface area contributed by atoms with Crippen LogP contribution in [0.3, 0.4) is 0 Å². The second kappa shape index (κ2) is 4.50. The Balaban J connectivity index is 3.46. The van der Waals surface area contributed by atoms with Crippen LogP contribution in [0.5, 0.6) is 0 Å². The Labute approximate surface area is 56.4 Å². The first-order chi connectivity index (χ1) is 4.22. The van der Waals surface area contributed by atoms with Crippen molar-refractivity contribution in [1.82, 2.24) is 0 Å². The summed E-state index contributed by atoms with van der Waals surface area (Å²) >= 11 is 0. The minimum Gasteiger partial charge on any atom is -0.330 e. The van der Waals surface area contributed by atoms with E-state index < -0.39 is 0 Å². The highest BCUT2D eigenvalue weighted by atomic mass is 16.1. The SMILES string of the molecule is CCC(C)C(=O)CCN. The Morgan fingerprint density at radius 2 is 2.22 bits per heavy atom. The molecule has 0 aliphatic heterocycles. The lowest BCUT2D eigenvalue weighted by Gasteiger charge is -2.03. The van der Waals surface area contributed by atoms with E-state index in [-0.39, 0.29) is 5.92 Å². The van der Waals surface area contributed by atoms with Gasteiger partial charge in [0.15, 0.2) is 0 Å². The van der Waals surface area contributed by atoms with Gasteiger partial charge in [-0.05, 0) is 13.0 Å². The third-order valence-corrected chi connectivity index (χ3v) is 1.55. The van der Waals surface area contributed by atoms with Gasteiger partial charge in [0.2, 0.25) is 0 Å². The van der Waals surface area contributed by atoms with Crippen molar-refractivity contribution in [2.24, 2.45) is 11.7 Å². The summed E-state index contributed by atoms with van der Waals surface area (Å²) in [6.07, 6.45) is 1.47. The van der Waals surface area contributed by atoms with E-state index in [1.807, 2.05) is 13.8 Å². The maximum Gasteiger partial charge on any atom is 0.136 e. The fraction of sp³-hybridized carbons (Fsp3) is 0.857. The molecule has 0 aromatic heterocycles. The van der Waals surface area contributed by atoms with Crippen LogP contribution in [0.25, 0.3) is 0 Å². The van der Waals surface area contributed by atoms with Gasteiger partial charge in [0.1, 0.15) is 5.78 Å². The summed E-state index contributed by atoms with van der Waals surface area (Å²) in [5.41, 5.74) is 5.20. The fourth-order valence-electron chi connectivity index (χ4n) is 0.616. The summed E-state index contributed by atoms with van der Waals surface area (Å²) in [6.45, 7) is 4.44. The van der Waals surface area contributed by atoms with E-state index in [2.05, 4.69) is 0 Å². The Bertz CT molecular complexity index is 90.9. The quantitative estimate of drug-likeness (QED) is 0.614. The molecule has 0 bridgehead atoms. The lowest BCUT2D eigenvalue weighted by Crippen LogP contribution is -2.14. The summed E-state index contributed by atoms with van der Waals surface area (Å²) in [6, 6.07) is 0. The third kappa shape index (κ3) is 3.25. The maximum absolute atomic E-state index is 10.9. The number of Topliss-reactive ketones (excluding diaryl/α,β-unsaturated/α-hetero) is 1. The molecule has 0 spiro atoms. The zero-order valence-corrected chi connectivity index (χ0v) is 6.18. The van der Waals surface area contributed by atoms with Crippen LogP contribution in [-0.4, -0.2) is 12.3 Å². The molecule has 0 aliphatic rings. The molecular weight excluding hydrogens is 114 g/mol. The Morgan fingerprint density at radius 1 is 1.67 bits per heavy atom. The Kier molecular flexibility index (Phi) is 4.32. The smallest absolute Gasteiger partial charge is 0.136 e. The zero-order valence-electron chi connectivity index (χ0n) is 6.18. The van der Waals surface area contributed by atoms with E-state index in [1.54, 1.807) is 0 Å². The molecular formula is C7H15NO. The maximum atomic E-state index is 10.9. The number of carbonyl (C=O) groups excluding carboxylic acids is 1. The molecule has 0 aliphatic carbocycles. The van der Waals surface area contributed by atoms with Crippen molar-refractivity contribution in [2.45, 2.75) is 26.7 Å². The molecule has 0 fully saturated rings. The van der Waals surface area contributed by atoms with Gasteiger partial charge in [-0.2, -0.15) is 0 Å². The number of hydrogen-bond donors (Lipinski definition) is 1. The molecule has 54 valence electrons. The van der Waals surface area contributed by atoms with Gasteiger partial charge in [-0.3, -0.25) is 4.79 Å². The van der Waals surface area contributed by atoms with Gasteiger partial charge >= 0.3 is 0 Å². The number of nitrogens with two attached hydrogens (primary N) is 1. The standard InChI is InChI=1S/C7H15NO/c1-3-6(2)7(9)4-5-8/h6H,3-5,8H2,1-2H3. The highest BCUT2D eigenvalue weighted by Crippen LogP contribution is 2.03. The molecule has 2 heteroatoms. The van der Waals surface area contributed by atoms with Gasteiger partial charge in [0.25, 0.3) is 0 Å². The molecule has 0 aromatic rings. The lowest BCUT2D eigenvalue weighted by atomic mass is 10.0. The van der Waals surface area contributed by atoms with E-state index in [0.717, 1.165) is 6.42 Å². The largest absolute Gasteiger partial charge is 0.330 e. The highest BCUT2D eigenvalue weighted by Gasteiger charge is 2.07. The fourth-order valence-corrected chi connectivity index (χ4v) is 0.616. The Hall–Kier alpha value is -0.370. The number of ketones is 1. The van der Waals surface area contributed by atoms with Gasteiger partial charge in [-0.15, -0.1) is 0 Å². The Morgan fingerprint density at radius 3 is 2.56 bits per heavy atom. The molecule has 1 atom stereocenters. The van der Waals surface area contributed by atoms with E-state index >= 15 is 0 Å². The van der Waals surface area contributed by atoms with Crippen LogP contribution in [0.15, 0.2) is 0 Å². The van der Waals surface area contributed by atoms with E-state index in [9.17, 15) is 4.79 Å². The normalized spacial score (nSPS) is 13.2. The topological polar surface area (TPSA) is 43.1 Å². The molecule has 0 amide bonds. The van der Waals surface area contributed by atoms with Gasteiger partial charge in [0.05, 0.1) is 0 Å². The van der Waals surface area contributed by atoms with Crippen LogP contribution < -0.4 is 5.73 Å². The van der Waals surface area contributed by atoms with Crippen molar-refractivity contribution in [2.75, 3.05) is 6.54 Å². The molecule has 2 nitrogen and oxygen atoms in total. The average molecular weight is 129 g/mol. The first-order valence-corrected chi connectivity index (χ1v) is 3.45. The van der Waals surface area contributed by atoms with Crippen LogP contribution >= 0.6 is 0 Å². The molecule has 0 saturated carbocycles. The first-order valence-electron chi connectivity index (χ1n) is 3.45. The van der Waals surface area contributed by atoms with Gasteiger partial charge in [-0.1, -0.05) is 13.8 Å². The van der Waals surface area contributed by atoms with Gasteiger partial charge in [-0.25, -0.2) is 0 Å². The number of carbonyl (C=O) groups is 1. The first kappa shape index (κ1) is 8.63. The minimum atomic E-state index is 0.202. The van der Waals surface area contributed by atoms with Crippen molar-refractivity contribution >= 4 is 5.78 Å². The summed E-state index contributed by atoms with van der Waals surface area (Å²) in [7, 11) is 0. The molecule has 9 heavy (non-hydrogen) atoms. The lowest BCUT2D eigenvalue weighted by molar-refractivity contribution is -0.122. The number of rotatable bonds is 4. The minimum absolute atomic E-state index is 0.202. The molecule has 0 radical (unpaired) electrons. The van der Waals surface area contributed by atoms with Crippen molar-refractivity contribution in [3.05, 3.63) is 0 Å². The summed E-state index contributed by atoms with van der Waals surface area (Å²) in [5, 5.41) is 0. The molecule has 1 unspecified atom stereocenters. The summed E-state index contributed by atoms with van der Waals surface area (Å²) in [4.78, 5) is 10.9. The number of hydrogen-bond acceptors (Lipinski definition) is 2.